The molecule has 0 radical (unpaired) electrons. The maximum Gasteiger partial charge on any atom is 0.164 e. The molecule has 1 aromatic heterocycles. The minimum Gasteiger partial charge on any atom is -0.226 e. The van der Waals surface area contributed by atoms with E-state index in [0.717, 1.165) is 0 Å². The lowest BCUT2D eigenvalue weighted by Gasteiger charge is -2.09. The zero-order valence-electron chi connectivity index (χ0n) is 10.8. The highest BCUT2D eigenvalue weighted by Gasteiger charge is 2.16. The van der Waals surface area contributed by atoms with Crippen molar-refractivity contribution in [3.05, 3.63) is 56.9 Å². The average Bonchev–Trinajstić information content (AvgIpc) is 2.45. The largest absolute Gasteiger partial charge is 0.226 e. The topological polar surface area (TPSA) is 25.8 Å². The molecular formula is C15H8Cl3FN2. The van der Waals surface area contributed by atoms with Gasteiger partial charge in [-0.15, -0.1) is 0 Å². The Bertz CT molecular complexity index is 865. The number of hydrogen-bond acceptors (Lipinski definition) is 2. The zero-order valence-corrected chi connectivity index (χ0v) is 13.1. The smallest absolute Gasteiger partial charge is 0.164 e. The van der Waals surface area contributed by atoms with Gasteiger partial charge in [-0.2, -0.15) is 0 Å². The van der Waals surface area contributed by atoms with Crippen LogP contribution in [0.1, 0.15) is 5.56 Å². The lowest BCUT2D eigenvalue weighted by molar-refractivity contribution is 0.621. The second kappa shape index (κ2) is 5.41. The highest BCUT2D eigenvalue weighted by atomic mass is 35.5. The molecule has 106 valence electrons. The first kappa shape index (κ1) is 14.5. The molecule has 6 heteroatoms. The Morgan fingerprint density at radius 3 is 2.43 bits per heavy atom. The van der Waals surface area contributed by atoms with Gasteiger partial charge in [0.2, 0.25) is 0 Å². The third-order valence-corrected chi connectivity index (χ3v) is 4.03. The van der Waals surface area contributed by atoms with Gasteiger partial charge in [-0.05, 0) is 30.7 Å². The van der Waals surface area contributed by atoms with Crippen LogP contribution in [0.15, 0.2) is 30.3 Å². The molecule has 0 atom stereocenters. The number of fused-ring (bicyclic) bond motifs is 1. The fourth-order valence-corrected chi connectivity index (χ4v) is 2.83. The molecule has 0 saturated carbocycles. The van der Waals surface area contributed by atoms with E-state index in [1.54, 1.807) is 37.3 Å². The summed E-state index contributed by atoms with van der Waals surface area (Å²) >= 11 is 18.4. The van der Waals surface area contributed by atoms with Crippen LogP contribution in [-0.4, -0.2) is 9.97 Å². The molecule has 1 heterocycles. The minimum absolute atomic E-state index is 0.142. The number of rotatable bonds is 1. The number of benzene rings is 2. The lowest BCUT2D eigenvalue weighted by Crippen LogP contribution is -1.96. The van der Waals surface area contributed by atoms with E-state index in [9.17, 15) is 4.39 Å². The van der Waals surface area contributed by atoms with Gasteiger partial charge in [0.25, 0.3) is 0 Å². The number of halogens is 4. The standard InChI is InChI=1S/C15H8Cl3FN2/c1-7-3-2-4-8(12(7)19)15-20-13-10(17)6-5-9(16)11(13)14(18)21-15/h2-6H,1H3. The van der Waals surface area contributed by atoms with Gasteiger partial charge >= 0.3 is 0 Å². The van der Waals surface area contributed by atoms with Crippen LogP contribution in [0.4, 0.5) is 4.39 Å². The summed E-state index contributed by atoms with van der Waals surface area (Å²) in [6, 6.07) is 8.23. The van der Waals surface area contributed by atoms with E-state index in [0.29, 0.717) is 26.5 Å². The highest BCUT2D eigenvalue weighted by Crippen LogP contribution is 2.34. The Hall–Kier alpha value is -1.42. The van der Waals surface area contributed by atoms with Gasteiger partial charge in [0, 0.05) is 0 Å². The summed E-state index contributed by atoms with van der Waals surface area (Å²) < 4.78 is 14.2. The van der Waals surface area contributed by atoms with Crippen molar-refractivity contribution in [2.45, 2.75) is 6.92 Å². The molecule has 0 bridgehead atoms. The van der Waals surface area contributed by atoms with Crippen LogP contribution in [-0.2, 0) is 0 Å². The zero-order chi connectivity index (χ0) is 15.1. The van der Waals surface area contributed by atoms with Gasteiger partial charge in [0.05, 0.1) is 26.5 Å². The molecule has 0 amide bonds. The summed E-state index contributed by atoms with van der Waals surface area (Å²) in [6.45, 7) is 1.67. The molecule has 0 unspecified atom stereocenters. The van der Waals surface area contributed by atoms with Crippen LogP contribution in [0.5, 0.6) is 0 Å². The van der Waals surface area contributed by atoms with Gasteiger partial charge in [0.1, 0.15) is 11.0 Å². The van der Waals surface area contributed by atoms with Crippen LogP contribution in [0.25, 0.3) is 22.3 Å². The van der Waals surface area contributed by atoms with Crippen LogP contribution in [0.2, 0.25) is 15.2 Å². The summed E-state index contributed by atoms with van der Waals surface area (Å²) in [5.74, 6) is -0.205. The second-order valence-corrected chi connectivity index (χ2v) is 5.70. The first-order chi connectivity index (χ1) is 9.99. The van der Waals surface area contributed by atoms with Gasteiger partial charge in [-0.1, -0.05) is 46.9 Å². The van der Waals surface area contributed by atoms with E-state index in [1.807, 2.05) is 0 Å². The van der Waals surface area contributed by atoms with Gasteiger partial charge < -0.3 is 0 Å². The Labute approximate surface area is 135 Å². The van der Waals surface area contributed by atoms with Crippen LogP contribution < -0.4 is 0 Å². The predicted octanol–water partition coefficient (Wildman–Crippen LogP) is 5.70. The molecule has 3 rings (SSSR count). The van der Waals surface area contributed by atoms with E-state index >= 15 is 0 Å². The predicted molar refractivity (Wildman–Crippen MR) is 84.7 cm³/mol. The molecule has 0 spiro atoms. The number of nitrogens with zero attached hydrogens (tertiary/aromatic N) is 2. The van der Waals surface area contributed by atoms with E-state index in [2.05, 4.69) is 9.97 Å². The monoisotopic (exact) mass is 340 g/mol. The van der Waals surface area contributed by atoms with Gasteiger partial charge in [-0.3, -0.25) is 0 Å². The number of aryl methyl sites for hydroxylation is 1. The van der Waals surface area contributed by atoms with Crippen molar-refractivity contribution in [3.63, 3.8) is 0 Å². The second-order valence-electron chi connectivity index (χ2n) is 4.53. The van der Waals surface area contributed by atoms with Crippen LogP contribution >= 0.6 is 34.8 Å². The molecule has 0 saturated heterocycles. The van der Waals surface area contributed by atoms with E-state index in [4.69, 9.17) is 34.8 Å². The summed E-state index contributed by atoms with van der Waals surface area (Å²) in [4.78, 5) is 8.46. The van der Waals surface area contributed by atoms with Crippen molar-refractivity contribution < 1.29 is 4.39 Å². The van der Waals surface area contributed by atoms with Gasteiger partial charge in [0.15, 0.2) is 5.82 Å². The quantitative estimate of drug-likeness (QED) is 0.530. The van der Waals surface area contributed by atoms with Crippen molar-refractivity contribution in [2.24, 2.45) is 0 Å². The Kier molecular flexibility index (Phi) is 3.74. The Morgan fingerprint density at radius 1 is 0.952 bits per heavy atom. The SMILES string of the molecule is Cc1cccc(-c2nc(Cl)c3c(Cl)ccc(Cl)c3n2)c1F. The molecule has 2 nitrogen and oxygen atoms in total. The van der Waals surface area contributed by atoms with Crippen molar-refractivity contribution in [1.29, 1.82) is 0 Å². The number of hydrogen-bond donors (Lipinski definition) is 0. The summed E-state index contributed by atoms with van der Waals surface area (Å²) in [6.07, 6.45) is 0. The summed E-state index contributed by atoms with van der Waals surface area (Å²) in [5, 5.41) is 1.38. The minimum atomic E-state index is -0.383. The molecule has 21 heavy (non-hydrogen) atoms. The molecular weight excluding hydrogens is 334 g/mol. The van der Waals surface area contributed by atoms with Gasteiger partial charge in [-0.25, -0.2) is 14.4 Å². The highest BCUT2D eigenvalue weighted by molar-refractivity contribution is 6.44. The molecule has 2 aromatic carbocycles. The van der Waals surface area contributed by atoms with E-state index in [-0.39, 0.29) is 22.4 Å². The van der Waals surface area contributed by atoms with E-state index in [1.165, 1.54) is 0 Å². The van der Waals surface area contributed by atoms with Crippen molar-refractivity contribution in [3.8, 4) is 11.4 Å². The van der Waals surface area contributed by atoms with Crippen LogP contribution in [0.3, 0.4) is 0 Å². The molecule has 0 aliphatic heterocycles. The van der Waals surface area contributed by atoms with Crippen molar-refractivity contribution >= 4 is 45.7 Å². The molecule has 0 N–H and O–H groups in total. The fourth-order valence-electron chi connectivity index (χ4n) is 2.07. The fraction of sp³-hybridized carbons (Fsp3) is 0.0667. The first-order valence-electron chi connectivity index (χ1n) is 6.06. The molecule has 0 fully saturated rings. The van der Waals surface area contributed by atoms with Crippen molar-refractivity contribution in [2.75, 3.05) is 0 Å². The molecule has 3 aromatic rings. The molecule has 0 aliphatic rings. The van der Waals surface area contributed by atoms with Crippen LogP contribution in [0, 0.1) is 12.7 Å². The number of aromatic nitrogens is 2. The van der Waals surface area contributed by atoms with Crippen molar-refractivity contribution in [1.82, 2.24) is 9.97 Å². The summed E-state index contributed by atoms with van der Waals surface area (Å²) in [7, 11) is 0. The lowest BCUT2D eigenvalue weighted by atomic mass is 10.1. The summed E-state index contributed by atoms with van der Waals surface area (Å²) in [5.41, 5.74) is 1.18. The Morgan fingerprint density at radius 2 is 1.67 bits per heavy atom. The maximum atomic E-state index is 14.2. The normalized spacial score (nSPS) is 11.1. The third-order valence-electron chi connectivity index (χ3n) is 3.14. The first-order valence-corrected chi connectivity index (χ1v) is 7.19. The Balaban J connectivity index is 2.36. The van der Waals surface area contributed by atoms with E-state index < -0.39 is 0 Å². The molecule has 0 aliphatic carbocycles. The average molecular weight is 342 g/mol. The third kappa shape index (κ3) is 2.46. The maximum absolute atomic E-state index is 14.2.